The van der Waals surface area contributed by atoms with Gasteiger partial charge in [0.05, 0.1) is 14.4 Å². The fraction of sp³-hybridized carbons (Fsp3) is 0. The van der Waals surface area contributed by atoms with Gasteiger partial charge in [-0.05, 0) is 50.1 Å². The number of nitrogens with zero attached hydrogens (tertiary/aromatic N) is 1. The monoisotopic (exact) mass is 375 g/mol. The molecule has 88 valence electrons. The molecule has 0 unspecified atom stereocenters. The number of rotatable bonds is 2. The molecule has 0 radical (unpaired) electrons. The van der Waals surface area contributed by atoms with Crippen LogP contribution in [0.25, 0.3) is 0 Å². The smallest absolute Gasteiger partial charge is 0.267 e. The lowest BCUT2D eigenvalue weighted by Gasteiger charge is -2.04. The lowest BCUT2D eigenvalue weighted by atomic mass is 10.4. The zero-order valence-corrected chi connectivity index (χ0v) is 12.4. The van der Waals surface area contributed by atoms with Crippen LogP contribution in [0.2, 0.25) is 0 Å². The van der Waals surface area contributed by atoms with Gasteiger partial charge >= 0.3 is 0 Å². The van der Waals surface area contributed by atoms with E-state index >= 15 is 0 Å². The zero-order valence-electron chi connectivity index (χ0n) is 8.41. The van der Waals surface area contributed by atoms with Crippen LogP contribution >= 0.6 is 43.2 Å². The summed E-state index contributed by atoms with van der Waals surface area (Å²) in [5, 5.41) is 2.66. The first-order chi connectivity index (χ1) is 8.08. The second-order valence-corrected chi connectivity index (χ2v) is 6.35. The molecule has 4 nitrogen and oxygen atoms in total. The molecule has 0 fully saturated rings. The molecule has 17 heavy (non-hydrogen) atoms. The van der Waals surface area contributed by atoms with Crippen molar-refractivity contribution < 1.29 is 4.79 Å². The fourth-order valence-corrected chi connectivity index (χ4v) is 3.08. The minimum absolute atomic E-state index is 0.230. The molecule has 0 aromatic carbocycles. The number of carbonyl (C=O) groups excluding carboxylic acids is 1. The maximum atomic E-state index is 11.9. The summed E-state index contributed by atoms with van der Waals surface area (Å²) in [5.74, 6) is 0.143. The highest BCUT2D eigenvalue weighted by molar-refractivity contribution is 9.13. The molecule has 0 aliphatic rings. The average Bonchev–Trinajstić information content (AvgIpc) is 2.63. The van der Waals surface area contributed by atoms with E-state index in [0.717, 1.165) is 8.26 Å². The number of halogens is 2. The summed E-state index contributed by atoms with van der Waals surface area (Å²) in [4.78, 5) is 16.5. The first kappa shape index (κ1) is 12.5. The number of nitrogens with two attached hydrogens (primary N) is 1. The van der Waals surface area contributed by atoms with Crippen LogP contribution in [0.3, 0.4) is 0 Å². The van der Waals surface area contributed by atoms with E-state index in [1.54, 1.807) is 24.4 Å². The Bertz CT molecular complexity index is 551. The van der Waals surface area contributed by atoms with Gasteiger partial charge in [0.15, 0.2) is 5.82 Å². The molecule has 2 rings (SSSR count). The van der Waals surface area contributed by atoms with Gasteiger partial charge in [-0.3, -0.25) is 4.79 Å². The summed E-state index contributed by atoms with van der Waals surface area (Å²) in [6.45, 7) is 0. The van der Waals surface area contributed by atoms with E-state index in [-0.39, 0.29) is 5.91 Å². The van der Waals surface area contributed by atoms with Gasteiger partial charge in [-0.2, -0.15) is 0 Å². The number of nitrogen functional groups attached to an aromatic ring is 1. The fourth-order valence-electron chi connectivity index (χ4n) is 1.15. The standard InChI is InChI=1S/C10H7Br2N3OS/c11-5-4-7(17-8(5)12)10(16)15-9-6(13)2-1-3-14-9/h1-4H,13H2,(H,14,15,16). The number of carbonyl (C=O) groups is 1. The lowest BCUT2D eigenvalue weighted by Crippen LogP contribution is -2.12. The van der Waals surface area contributed by atoms with Crippen LogP contribution in [-0.2, 0) is 0 Å². The first-order valence-corrected chi connectivity index (χ1v) is 6.95. The third-order valence-corrected chi connectivity index (χ3v) is 5.19. The molecule has 1 amide bonds. The van der Waals surface area contributed by atoms with Crippen LogP contribution in [-0.4, -0.2) is 10.9 Å². The number of nitrogens with one attached hydrogen (secondary N) is 1. The Morgan fingerprint density at radius 1 is 1.47 bits per heavy atom. The summed E-state index contributed by atoms with van der Waals surface area (Å²) in [6, 6.07) is 5.13. The highest BCUT2D eigenvalue weighted by Crippen LogP contribution is 2.32. The van der Waals surface area contributed by atoms with Gasteiger partial charge in [-0.25, -0.2) is 4.98 Å². The van der Waals surface area contributed by atoms with Crippen molar-refractivity contribution in [3.63, 3.8) is 0 Å². The highest BCUT2D eigenvalue weighted by Gasteiger charge is 2.13. The van der Waals surface area contributed by atoms with Crippen LogP contribution in [0, 0.1) is 0 Å². The van der Waals surface area contributed by atoms with Gasteiger partial charge in [-0.15, -0.1) is 11.3 Å². The molecular weight excluding hydrogens is 370 g/mol. The normalized spacial score (nSPS) is 10.2. The predicted octanol–water partition coefficient (Wildman–Crippen LogP) is 3.50. The van der Waals surface area contributed by atoms with Crippen molar-refractivity contribution >= 4 is 60.6 Å². The number of amides is 1. The number of anilines is 2. The quantitative estimate of drug-likeness (QED) is 0.842. The van der Waals surface area contributed by atoms with Crippen molar-refractivity contribution in [2.75, 3.05) is 11.1 Å². The molecule has 3 N–H and O–H groups in total. The van der Waals surface area contributed by atoms with Gasteiger partial charge in [0, 0.05) is 10.7 Å². The summed E-state index contributed by atoms with van der Waals surface area (Å²) in [7, 11) is 0. The Morgan fingerprint density at radius 2 is 2.24 bits per heavy atom. The van der Waals surface area contributed by atoms with Gasteiger partial charge in [0.2, 0.25) is 0 Å². The maximum Gasteiger partial charge on any atom is 0.267 e. The molecule has 2 aromatic rings. The Balaban J connectivity index is 2.20. The van der Waals surface area contributed by atoms with E-state index < -0.39 is 0 Å². The zero-order chi connectivity index (χ0) is 12.4. The third kappa shape index (κ3) is 2.85. The van der Waals surface area contributed by atoms with E-state index in [1.807, 2.05) is 0 Å². The SMILES string of the molecule is Nc1cccnc1NC(=O)c1cc(Br)c(Br)s1. The van der Waals surface area contributed by atoms with Crippen molar-refractivity contribution in [3.8, 4) is 0 Å². The van der Waals surface area contributed by atoms with E-state index in [0.29, 0.717) is 16.4 Å². The summed E-state index contributed by atoms with van der Waals surface area (Å²) in [6.07, 6.45) is 1.58. The molecule has 0 aliphatic carbocycles. The molecule has 0 aliphatic heterocycles. The third-order valence-electron chi connectivity index (χ3n) is 1.94. The molecule has 2 aromatic heterocycles. The van der Waals surface area contributed by atoms with Crippen molar-refractivity contribution in [3.05, 3.63) is 37.5 Å². The van der Waals surface area contributed by atoms with Crippen molar-refractivity contribution in [2.45, 2.75) is 0 Å². The molecule has 0 saturated carbocycles. The molecule has 7 heteroatoms. The number of pyridine rings is 1. The van der Waals surface area contributed by atoms with Crippen LogP contribution in [0.15, 0.2) is 32.7 Å². The average molecular weight is 377 g/mol. The van der Waals surface area contributed by atoms with Crippen molar-refractivity contribution in [2.24, 2.45) is 0 Å². The van der Waals surface area contributed by atoms with Crippen LogP contribution in [0.4, 0.5) is 11.5 Å². The molecule has 2 heterocycles. The number of hydrogen-bond donors (Lipinski definition) is 2. The molecule has 0 atom stereocenters. The van der Waals surface area contributed by atoms with E-state index in [9.17, 15) is 4.79 Å². The Morgan fingerprint density at radius 3 is 2.82 bits per heavy atom. The van der Waals surface area contributed by atoms with E-state index in [4.69, 9.17) is 5.73 Å². The molecule has 0 bridgehead atoms. The highest BCUT2D eigenvalue weighted by atomic mass is 79.9. The van der Waals surface area contributed by atoms with Crippen LogP contribution in [0.1, 0.15) is 9.67 Å². The number of thiophene rings is 1. The van der Waals surface area contributed by atoms with Gasteiger partial charge in [-0.1, -0.05) is 0 Å². The first-order valence-electron chi connectivity index (χ1n) is 4.54. The summed E-state index contributed by atoms with van der Waals surface area (Å²) in [5.41, 5.74) is 6.13. The largest absolute Gasteiger partial charge is 0.396 e. The molecule has 0 saturated heterocycles. The summed E-state index contributed by atoms with van der Waals surface area (Å²) >= 11 is 8.00. The topological polar surface area (TPSA) is 68.0 Å². The van der Waals surface area contributed by atoms with Gasteiger partial charge in [0.1, 0.15) is 0 Å². The van der Waals surface area contributed by atoms with Crippen LogP contribution in [0.5, 0.6) is 0 Å². The van der Waals surface area contributed by atoms with Crippen LogP contribution < -0.4 is 11.1 Å². The second kappa shape index (κ2) is 5.16. The maximum absolute atomic E-state index is 11.9. The van der Waals surface area contributed by atoms with E-state index in [2.05, 4.69) is 42.2 Å². The molecular formula is C10H7Br2N3OS. The number of aromatic nitrogens is 1. The van der Waals surface area contributed by atoms with E-state index in [1.165, 1.54) is 11.3 Å². The Hall–Kier alpha value is -0.920. The van der Waals surface area contributed by atoms with Crippen molar-refractivity contribution in [1.29, 1.82) is 0 Å². The minimum atomic E-state index is -0.230. The Labute approximate surface area is 118 Å². The van der Waals surface area contributed by atoms with Gasteiger partial charge < -0.3 is 11.1 Å². The lowest BCUT2D eigenvalue weighted by molar-refractivity contribution is 0.103. The van der Waals surface area contributed by atoms with Crippen molar-refractivity contribution in [1.82, 2.24) is 4.98 Å². The second-order valence-electron chi connectivity index (χ2n) is 3.13. The Kier molecular flexibility index (Phi) is 3.80. The minimum Gasteiger partial charge on any atom is -0.396 e. The number of hydrogen-bond acceptors (Lipinski definition) is 4. The predicted molar refractivity (Wildman–Crippen MR) is 76.3 cm³/mol. The van der Waals surface area contributed by atoms with Gasteiger partial charge in [0.25, 0.3) is 5.91 Å². The summed E-state index contributed by atoms with van der Waals surface area (Å²) < 4.78 is 1.72. The molecule has 0 spiro atoms.